The zero-order valence-electron chi connectivity index (χ0n) is 10.3. The van der Waals surface area contributed by atoms with Gasteiger partial charge in [-0.1, -0.05) is 0 Å². The van der Waals surface area contributed by atoms with Crippen LogP contribution in [0.2, 0.25) is 0 Å². The summed E-state index contributed by atoms with van der Waals surface area (Å²) in [7, 11) is 4.02. The van der Waals surface area contributed by atoms with Gasteiger partial charge in [-0.15, -0.1) is 0 Å². The lowest BCUT2D eigenvalue weighted by atomic mass is 10.5. The van der Waals surface area contributed by atoms with E-state index >= 15 is 0 Å². The molecule has 0 saturated carbocycles. The molecule has 0 aliphatic rings. The molecule has 0 aromatic carbocycles. The van der Waals surface area contributed by atoms with E-state index < -0.39 is 0 Å². The minimum Gasteiger partial charge on any atom is -0.379 e. The first-order valence-corrected chi connectivity index (χ1v) is 5.59. The molecule has 0 atom stereocenters. The van der Waals surface area contributed by atoms with E-state index in [0.29, 0.717) is 39.5 Å². The van der Waals surface area contributed by atoms with Crippen molar-refractivity contribution in [1.82, 2.24) is 4.90 Å². The first-order chi connectivity index (χ1) is 7.77. The van der Waals surface area contributed by atoms with Gasteiger partial charge >= 0.3 is 0 Å². The molecule has 0 fully saturated rings. The predicted molar refractivity (Wildman–Crippen MR) is 61.7 cm³/mol. The van der Waals surface area contributed by atoms with Crippen LogP contribution in [0.3, 0.4) is 0 Å². The van der Waals surface area contributed by atoms with Crippen LogP contribution < -0.4 is 0 Å². The maximum absolute atomic E-state index is 9.96. The van der Waals surface area contributed by atoms with Crippen LogP contribution in [0.5, 0.6) is 0 Å². The second-order valence-electron chi connectivity index (χ2n) is 3.60. The van der Waals surface area contributed by atoms with Crippen LogP contribution in [0.1, 0.15) is 6.42 Å². The first kappa shape index (κ1) is 15.5. The molecule has 5 nitrogen and oxygen atoms in total. The lowest BCUT2D eigenvalue weighted by molar-refractivity contribution is -0.108. The Morgan fingerprint density at radius 3 is 1.88 bits per heavy atom. The summed E-state index contributed by atoms with van der Waals surface area (Å²) in [5.74, 6) is 0. The Balaban J connectivity index is 2.90. The predicted octanol–water partition coefficient (Wildman–Crippen LogP) is 0.187. The lowest BCUT2D eigenvalue weighted by Crippen LogP contribution is -2.19. The molecule has 0 bridgehead atoms. The molecule has 5 heteroatoms. The molecule has 0 N–H and O–H groups in total. The van der Waals surface area contributed by atoms with E-state index in [-0.39, 0.29) is 0 Å². The second-order valence-corrected chi connectivity index (χ2v) is 3.60. The van der Waals surface area contributed by atoms with E-state index in [0.717, 1.165) is 19.4 Å². The smallest absolute Gasteiger partial charge is 0.122 e. The Hall–Kier alpha value is -0.490. The first-order valence-electron chi connectivity index (χ1n) is 5.59. The summed E-state index contributed by atoms with van der Waals surface area (Å²) < 4.78 is 15.7. The molecular formula is C11H23NO4. The third-order valence-electron chi connectivity index (χ3n) is 1.81. The van der Waals surface area contributed by atoms with Gasteiger partial charge in [-0.3, -0.25) is 0 Å². The number of ether oxygens (including phenoxy) is 3. The molecule has 0 amide bonds. The molecule has 0 aliphatic heterocycles. The van der Waals surface area contributed by atoms with Crippen molar-refractivity contribution in [2.75, 3.05) is 60.3 Å². The number of hydrogen-bond acceptors (Lipinski definition) is 5. The molecule has 0 aliphatic carbocycles. The summed E-state index contributed by atoms with van der Waals surface area (Å²) in [5.41, 5.74) is 0. The molecular weight excluding hydrogens is 210 g/mol. The summed E-state index contributed by atoms with van der Waals surface area (Å²) >= 11 is 0. The average molecular weight is 233 g/mol. The van der Waals surface area contributed by atoms with Gasteiger partial charge in [0.1, 0.15) is 6.29 Å². The van der Waals surface area contributed by atoms with Crippen molar-refractivity contribution in [3.05, 3.63) is 0 Å². The quantitative estimate of drug-likeness (QED) is 0.356. The summed E-state index contributed by atoms with van der Waals surface area (Å²) in [6.45, 7) is 4.42. The molecule has 0 saturated heterocycles. The lowest BCUT2D eigenvalue weighted by Gasteiger charge is -2.10. The van der Waals surface area contributed by atoms with Crippen molar-refractivity contribution in [1.29, 1.82) is 0 Å². The zero-order valence-corrected chi connectivity index (χ0v) is 10.3. The second kappa shape index (κ2) is 12.6. The van der Waals surface area contributed by atoms with Gasteiger partial charge < -0.3 is 23.9 Å². The monoisotopic (exact) mass is 233 g/mol. The zero-order chi connectivity index (χ0) is 12.1. The van der Waals surface area contributed by atoms with E-state index in [2.05, 4.69) is 4.90 Å². The molecule has 0 heterocycles. The summed E-state index contributed by atoms with van der Waals surface area (Å²) in [6.07, 6.45) is 1.30. The van der Waals surface area contributed by atoms with Crippen LogP contribution >= 0.6 is 0 Å². The van der Waals surface area contributed by atoms with Gasteiger partial charge in [0.05, 0.1) is 39.6 Å². The number of nitrogens with zero attached hydrogens (tertiary/aromatic N) is 1. The summed E-state index contributed by atoms with van der Waals surface area (Å²) in [4.78, 5) is 12.0. The van der Waals surface area contributed by atoms with Gasteiger partial charge in [0.25, 0.3) is 0 Å². The maximum Gasteiger partial charge on any atom is 0.122 e. The Morgan fingerprint density at radius 1 is 0.875 bits per heavy atom. The number of hydrogen-bond donors (Lipinski definition) is 0. The molecule has 0 aromatic heterocycles. The van der Waals surface area contributed by atoms with Crippen LogP contribution in [0.4, 0.5) is 0 Å². The van der Waals surface area contributed by atoms with E-state index in [4.69, 9.17) is 14.2 Å². The molecule has 0 aromatic rings. The molecule has 96 valence electrons. The Kier molecular flexibility index (Phi) is 12.2. The Labute approximate surface area is 97.7 Å². The van der Waals surface area contributed by atoms with Gasteiger partial charge in [-0.25, -0.2) is 0 Å². The van der Waals surface area contributed by atoms with Crippen molar-refractivity contribution in [3.63, 3.8) is 0 Å². The van der Waals surface area contributed by atoms with Crippen LogP contribution in [-0.2, 0) is 19.0 Å². The van der Waals surface area contributed by atoms with Crippen LogP contribution in [-0.4, -0.2) is 71.5 Å². The molecule has 0 radical (unpaired) electrons. The maximum atomic E-state index is 9.96. The van der Waals surface area contributed by atoms with E-state index in [1.165, 1.54) is 0 Å². The van der Waals surface area contributed by atoms with Crippen molar-refractivity contribution in [2.24, 2.45) is 0 Å². The highest BCUT2D eigenvalue weighted by atomic mass is 16.5. The van der Waals surface area contributed by atoms with Gasteiger partial charge in [0.2, 0.25) is 0 Å². The fourth-order valence-electron chi connectivity index (χ4n) is 0.920. The third-order valence-corrected chi connectivity index (χ3v) is 1.81. The molecule has 0 rings (SSSR count). The van der Waals surface area contributed by atoms with Crippen molar-refractivity contribution in [2.45, 2.75) is 6.42 Å². The van der Waals surface area contributed by atoms with Crippen molar-refractivity contribution < 1.29 is 19.0 Å². The van der Waals surface area contributed by atoms with Crippen LogP contribution in [0, 0.1) is 0 Å². The average Bonchev–Trinajstić information content (AvgIpc) is 2.25. The molecule has 16 heavy (non-hydrogen) atoms. The molecule has 0 unspecified atom stereocenters. The minimum absolute atomic E-state index is 0.452. The Bertz CT molecular complexity index is 153. The summed E-state index contributed by atoms with van der Waals surface area (Å²) in [6, 6.07) is 0. The highest BCUT2D eigenvalue weighted by Gasteiger charge is 1.92. The third kappa shape index (κ3) is 13.5. The van der Waals surface area contributed by atoms with Crippen LogP contribution in [0.25, 0.3) is 0 Å². The van der Waals surface area contributed by atoms with Gasteiger partial charge in [-0.2, -0.15) is 0 Å². The number of carbonyl (C=O) groups is 1. The van der Waals surface area contributed by atoms with Gasteiger partial charge in [0, 0.05) is 13.0 Å². The standard InChI is InChI=1S/C11H23NO4/c1-12(2)4-7-15-9-11-16-10-8-14-6-3-5-13/h5H,3-4,6-11H2,1-2H3. The number of carbonyl (C=O) groups excluding carboxylic acids is 1. The fraction of sp³-hybridized carbons (Fsp3) is 0.909. The van der Waals surface area contributed by atoms with Crippen molar-refractivity contribution >= 4 is 6.29 Å². The number of aldehydes is 1. The highest BCUT2D eigenvalue weighted by Crippen LogP contribution is 1.83. The Morgan fingerprint density at radius 2 is 1.38 bits per heavy atom. The van der Waals surface area contributed by atoms with Gasteiger partial charge in [0.15, 0.2) is 0 Å². The number of likely N-dealkylation sites (N-methyl/N-ethyl adjacent to an activating group) is 1. The van der Waals surface area contributed by atoms with Crippen LogP contribution in [0.15, 0.2) is 0 Å². The van der Waals surface area contributed by atoms with E-state index in [1.54, 1.807) is 0 Å². The number of rotatable bonds is 12. The van der Waals surface area contributed by atoms with E-state index in [1.807, 2.05) is 14.1 Å². The fourth-order valence-corrected chi connectivity index (χ4v) is 0.920. The minimum atomic E-state index is 0.452. The highest BCUT2D eigenvalue weighted by molar-refractivity contribution is 5.49. The summed E-state index contributed by atoms with van der Waals surface area (Å²) in [5, 5.41) is 0. The normalized spacial score (nSPS) is 10.9. The SMILES string of the molecule is CN(C)CCOCCOCCOCCC=O. The van der Waals surface area contributed by atoms with Crippen molar-refractivity contribution in [3.8, 4) is 0 Å². The largest absolute Gasteiger partial charge is 0.379 e. The topological polar surface area (TPSA) is 48.0 Å². The molecule has 0 spiro atoms. The van der Waals surface area contributed by atoms with E-state index in [9.17, 15) is 4.79 Å². The van der Waals surface area contributed by atoms with Gasteiger partial charge in [-0.05, 0) is 14.1 Å².